The summed E-state index contributed by atoms with van der Waals surface area (Å²) in [4.78, 5) is 13.6. The summed E-state index contributed by atoms with van der Waals surface area (Å²) in [5.41, 5.74) is 0.440. The number of amides is 1. The quantitative estimate of drug-likeness (QED) is 0.807. The van der Waals surface area contributed by atoms with E-state index in [1.54, 1.807) is 4.90 Å². The Hall–Kier alpha value is -1.22. The van der Waals surface area contributed by atoms with Crippen LogP contribution >= 0.6 is 12.4 Å². The van der Waals surface area contributed by atoms with E-state index in [9.17, 15) is 17.6 Å². The molecular weight excluding hydrogens is 357 g/mol. The fraction of sp³-hybridized carbons (Fsp3) is 0.533. The lowest BCUT2D eigenvalue weighted by Gasteiger charge is -2.38. The van der Waals surface area contributed by atoms with Crippen molar-refractivity contribution in [3.05, 3.63) is 29.6 Å². The molecule has 1 aromatic rings. The second-order valence-corrected chi connectivity index (χ2v) is 7.94. The maximum atomic E-state index is 13.9. The number of likely N-dealkylation sites (tertiary alicyclic amines) is 1. The highest BCUT2D eigenvalue weighted by Gasteiger charge is 2.38. The van der Waals surface area contributed by atoms with Gasteiger partial charge in [0.15, 0.2) is 0 Å². The van der Waals surface area contributed by atoms with Gasteiger partial charge in [0.05, 0.1) is 0 Å². The summed E-state index contributed by atoms with van der Waals surface area (Å²) in [6, 6.07) is 3.31. The van der Waals surface area contributed by atoms with E-state index >= 15 is 0 Å². The summed E-state index contributed by atoms with van der Waals surface area (Å²) < 4.78 is 36.3. The number of nitrogens with one attached hydrogen (secondary N) is 1. The lowest BCUT2D eigenvalue weighted by Crippen LogP contribution is -2.44. The van der Waals surface area contributed by atoms with Crippen molar-refractivity contribution in [1.29, 1.82) is 0 Å². The van der Waals surface area contributed by atoms with Crippen LogP contribution in [0, 0.1) is 11.2 Å². The molecule has 1 spiro atoms. The maximum absolute atomic E-state index is 13.9. The first-order valence-corrected chi connectivity index (χ1v) is 9.18. The standard InChI is InChI=1S/C15H20FN3O3S.ClH/c16-12-9-11(1-2-13(12)23(17,21)22)14(20)19-7-4-15(5-8-19)3-6-18-10-15;/h1-2,9,18H,3-8,10H2,(H2,17,21,22);1H. The van der Waals surface area contributed by atoms with Crippen LogP contribution in [0.2, 0.25) is 0 Å². The Kier molecular flexibility index (Phi) is 5.54. The van der Waals surface area contributed by atoms with E-state index in [-0.39, 0.29) is 23.9 Å². The van der Waals surface area contributed by atoms with Crippen LogP contribution in [0.5, 0.6) is 0 Å². The van der Waals surface area contributed by atoms with Crippen molar-refractivity contribution in [2.45, 2.75) is 24.2 Å². The Morgan fingerprint density at radius 3 is 2.42 bits per heavy atom. The minimum atomic E-state index is -4.12. The van der Waals surface area contributed by atoms with Gasteiger partial charge in [-0.3, -0.25) is 4.79 Å². The highest BCUT2D eigenvalue weighted by molar-refractivity contribution is 7.89. The summed E-state index contributed by atoms with van der Waals surface area (Å²) in [5, 5.41) is 8.29. The number of rotatable bonds is 2. The van der Waals surface area contributed by atoms with Crippen molar-refractivity contribution in [2.24, 2.45) is 10.6 Å². The summed E-state index contributed by atoms with van der Waals surface area (Å²) >= 11 is 0. The van der Waals surface area contributed by atoms with E-state index in [4.69, 9.17) is 5.14 Å². The molecule has 0 bridgehead atoms. The number of sulfonamides is 1. The van der Waals surface area contributed by atoms with Gasteiger partial charge in [0.1, 0.15) is 10.7 Å². The largest absolute Gasteiger partial charge is 0.339 e. The predicted octanol–water partition coefficient (Wildman–Crippen LogP) is 1.11. The molecule has 3 N–H and O–H groups in total. The van der Waals surface area contributed by atoms with Crippen molar-refractivity contribution >= 4 is 28.3 Å². The molecule has 0 unspecified atom stereocenters. The van der Waals surface area contributed by atoms with Crippen LogP contribution in [0.1, 0.15) is 29.6 Å². The third-order valence-electron chi connectivity index (χ3n) is 4.93. The molecule has 134 valence electrons. The van der Waals surface area contributed by atoms with E-state index in [2.05, 4.69) is 5.32 Å². The molecular formula is C15H21ClFN3O3S. The third-order valence-corrected chi connectivity index (χ3v) is 5.87. The molecule has 2 heterocycles. The molecule has 0 saturated carbocycles. The van der Waals surface area contributed by atoms with Crippen LogP contribution in [0.25, 0.3) is 0 Å². The number of nitrogens with zero attached hydrogens (tertiary/aromatic N) is 1. The Balaban J connectivity index is 0.00000208. The summed E-state index contributed by atoms with van der Waals surface area (Å²) in [7, 11) is -4.12. The molecule has 0 radical (unpaired) electrons. The van der Waals surface area contributed by atoms with Gasteiger partial charge < -0.3 is 10.2 Å². The highest BCUT2D eigenvalue weighted by Crippen LogP contribution is 2.37. The van der Waals surface area contributed by atoms with Gasteiger partial charge in [0.25, 0.3) is 5.91 Å². The van der Waals surface area contributed by atoms with Gasteiger partial charge in [-0.05, 0) is 49.4 Å². The summed E-state index contributed by atoms with van der Waals surface area (Å²) in [6.07, 6.45) is 3.00. The van der Waals surface area contributed by atoms with Crippen molar-refractivity contribution in [2.75, 3.05) is 26.2 Å². The minimum Gasteiger partial charge on any atom is -0.339 e. The molecule has 1 aromatic carbocycles. The monoisotopic (exact) mass is 377 g/mol. The zero-order valence-corrected chi connectivity index (χ0v) is 14.8. The molecule has 3 rings (SSSR count). The van der Waals surface area contributed by atoms with Gasteiger partial charge in [0.2, 0.25) is 10.0 Å². The lowest BCUT2D eigenvalue weighted by atomic mass is 9.78. The molecule has 0 aliphatic carbocycles. The van der Waals surface area contributed by atoms with E-state index in [0.717, 1.165) is 44.5 Å². The van der Waals surface area contributed by atoms with Crippen LogP contribution < -0.4 is 10.5 Å². The molecule has 2 fully saturated rings. The minimum absolute atomic E-state index is 0. The Morgan fingerprint density at radius 2 is 1.92 bits per heavy atom. The maximum Gasteiger partial charge on any atom is 0.253 e. The first-order chi connectivity index (χ1) is 10.8. The smallest absolute Gasteiger partial charge is 0.253 e. The van der Waals surface area contributed by atoms with Gasteiger partial charge in [-0.25, -0.2) is 17.9 Å². The zero-order valence-electron chi connectivity index (χ0n) is 13.1. The molecule has 24 heavy (non-hydrogen) atoms. The number of piperidine rings is 1. The van der Waals surface area contributed by atoms with Crippen molar-refractivity contribution in [3.63, 3.8) is 0 Å². The number of nitrogens with two attached hydrogens (primary N) is 1. The first-order valence-electron chi connectivity index (χ1n) is 7.63. The van der Waals surface area contributed by atoms with Gasteiger partial charge in [0, 0.05) is 25.2 Å². The third kappa shape index (κ3) is 3.72. The van der Waals surface area contributed by atoms with Crippen molar-refractivity contribution < 1.29 is 17.6 Å². The number of hydrogen-bond acceptors (Lipinski definition) is 4. The second kappa shape index (κ2) is 6.95. The fourth-order valence-corrected chi connectivity index (χ4v) is 4.04. The fourth-order valence-electron chi connectivity index (χ4n) is 3.45. The topological polar surface area (TPSA) is 92.5 Å². The SMILES string of the molecule is Cl.NS(=O)(=O)c1ccc(C(=O)N2CCC3(CCNC3)CC2)cc1F. The second-order valence-electron chi connectivity index (χ2n) is 6.41. The van der Waals surface area contributed by atoms with E-state index in [1.165, 1.54) is 6.07 Å². The van der Waals surface area contributed by atoms with Gasteiger partial charge in [-0.15, -0.1) is 12.4 Å². The van der Waals surface area contributed by atoms with Crippen molar-refractivity contribution in [1.82, 2.24) is 10.2 Å². The van der Waals surface area contributed by atoms with Crippen LogP contribution in [0.4, 0.5) is 4.39 Å². The van der Waals surface area contributed by atoms with Crippen LogP contribution in [0.3, 0.4) is 0 Å². The Labute approximate surface area is 147 Å². The highest BCUT2D eigenvalue weighted by atomic mass is 35.5. The number of carbonyl (C=O) groups excluding carboxylic acids is 1. The molecule has 2 aliphatic rings. The lowest BCUT2D eigenvalue weighted by molar-refractivity contribution is 0.0607. The average Bonchev–Trinajstić information content (AvgIpc) is 2.94. The van der Waals surface area contributed by atoms with E-state index in [0.29, 0.717) is 18.5 Å². The summed E-state index contributed by atoms with van der Waals surface area (Å²) in [6.45, 7) is 3.29. The Bertz CT molecular complexity index is 725. The summed E-state index contributed by atoms with van der Waals surface area (Å²) in [5.74, 6) is -1.27. The van der Waals surface area contributed by atoms with Crippen LogP contribution in [-0.2, 0) is 10.0 Å². The van der Waals surface area contributed by atoms with Gasteiger partial charge in [-0.1, -0.05) is 0 Å². The first kappa shape index (κ1) is 19.1. The number of carbonyl (C=O) groups is 1. The molecule has 9 heteroatoms. The normalized spacial score (nSPS) is 20.0. The van der Waals surface area contributed by atoms with Crippen molar-refractivity contribution in [3.8, 4) is 0 Å². The predicted molar refractivity (Wildman–Crippen MR) is 90.1 cm³/mol. The van der Waals surface area contributed by atoms with Gasteiger partial charge >= 0.3 is 0 Å². The van der Waals surface area contributed by atoms with Crippen LogP contribution in [-0.4, -0.2) is 45.4 Å². The number of primary sulfonamides is 1. The number of benzene rings is 1. The molecule has 2 saturated heterocycles. The molecule has 0 atom stereocenters. The average molecular weight is 378 g/mol. The molecule has 6 nitrogen and oxygen atoms in total. The van der Waals surface area contributed by atoms with Crippen LogP contribution in [0.15, 0.2) is 23.1 Å². The molecule has 1 amide bonds. The molecule has 0 aromatic heterocycles. The van der Waals surface area contributed by atoms with E-state index < -0.39 is 20.7 Å². The zero-order chi connectivity index (χ0) is 16.7. The number of hydrogen-bond donors (Lipinski definition) is 2. The Morgan fingerprint density at radius 1 is 1.25 bits per heavy atom. The van der Waals surface area contributed by atoms with E-state index in [1.807, 2.05) is 0 Å². The van der Waals surface area contributed by atoms with Gasteiger partial charge in [-0.2, -0.15) is 0 Å². The number of halogens is 2. The molecule has 2 aliphatic heterocycles.